The van der Waals surface area contributed by atoms with Crippen molar-refractivity contribution in [1.82, 2.24) is 10.2 Å². The molecule has 0 saturated heterocycles. The number of hydrogen-bond acceptors (Lipinski definition) is 8. The monoisotopic (exact) mass is 468 g/mol. The second-order valence-corrected chi connectivity index (χ2v) is 10.2. The first-order chi connectivity index (χ1) is 15.0. The Morgan fingerprint density at radius 2 is 1.70 bits per heavy atom. The summed E-state index contributed by atoms with van der Waals surface area (Å²) in [5.74, 6) is -0.842. The Hall–Kier alpha value is -2.98. The van der Waals surface area contributed by atoms with Gasteiger partial charge in [-0.1, -0.05) is 13.3 Å². The van der Waals surface area contributed by atoms with Crippen molar-refractivity contribution in [3.63, 3.8) is 0 Å². The van der Waals surface area contributed by atoms with Crippen LogP contribution in [0.5, 0.6) is 0 Å². The molecule has 1 unspecified atom stereocenters. The van der Waals surface area contributed by atoms with Crippen molar-refractivity contribution in [1.29, 1.82) is 0 Å². The van der Waals surface area contributed by atoms with E-state index >= 15 is 0 Å². The highest BCUT2D eigenvalue weighted by Crippen LogP contribution is 2.27. The lowest BCUT2D eigenvalue weighted by Gasteiger charge is -2.34. The number of hydrogen-bond donors (Lipinski definition) is 1. The zero-order valence-electron chi connectivity index (χ0n) is 20.8. The highest BCUT2D eigenvalue weighted by molar-refractivity contribution is 6.13. The summed E-state index contributed by atoms with van der Waals surface area (Å²) in [4.78, 5) is 54.0. The second-order valence-electron chi connectivity index (χ2n) is 10.2. The minimum absolute atomic E-state index is 0.0388. The third-order valence-corrected chi connectivity index (χ3v) is 4.33. The number of allylic oxidation sites excluding steroid dienone is 1. The summed E-state index contributed by atoms with van der Waals surface area (Å²) in [6.07, 6.45) is 1.06. The molecule has 1 heterocycles. The van der Waals surface area contributed by atoms with Gasteiger partial charge in [-0.2, -0.15) is 0 Å². The number of aliphatic imine (C=N–C) groups is 1. The molecule has 0 radical (unpaired) electrons. The number of carbonyl (C=O) groups is 3. The van der Waals surface area contributed by atoms with Gasteiger partial charge < -0.3 is 9.47 Å². The second kappa shape index (κ2) is 10.8. The summed E-state index contributed by atoms with van der Waals surface area (Å²) in [5, 5.41) is 13.8. The Balaban J connectivity index is 3.37. The lowest BCUT2D eigenvalue weighted by Crippen LogP contribution is -2.56. The number of ether oxygens (including phenoxy) is 2. The normalized spacial score (nSPS) is 19.3. The molecule has 0 bridgehead atoms. The van der Waals surface area contributed by atoms with Crippen LogP contribution in [0.3, 0.4) is 0 Å². The minimum Gasteiger partial charge on any atom is -0.443 e. The van der Waals surface area contributed by atoms with Crippen molar-refractivity contribution in [2.75, 3.05) is 0 Å². The lowest BCUT2D eigenvalue weighted by atomic mass is 9.92. The van der Waals surface area contributed by atoms with Crippen LogP contribution in [0.4, 0.5) is 9.59 Å². The van der Waals surface area contributed by atoms with Crippen LogP contribution < -0.4 is 5.32 Å². The SMILES string of the molecule is CCCC/C(=C\CC1(C)CC(=O)NC(N(C(=O)OC(C)(C)C)C(=O)OC(C)(C)C)=N1)[N+](=O)[O-]. The molecule has 0 aromatic rings. The molecule has 0 aromatic carbocycles. The van der Waals surface area contributed by atoms with Gasteiger partial charge in [0.2, 0.25) is 17.6 Å². The molecule has 1 aliphatic rings. The van der Waals surface area contributed by atoms with Crippen LogP contribution in [0.1, 0.15) is 87.5 Å². The first-order valence-corrected chi connectivity index (χ1v) is 11.0. The van der Waals surface area contributed by atoms with Crippen molar-refractivity contribution < 1.29 is 28.8 Å². The maximum atomic E-state index is 12.8. The topological polar surface area (TPSA) is 140 Å². The predicted octanol–water partition coefficient (Wildman–Crippen LogP) is 4.53. The number of unbranched alkanes of at least 4 members (excludes halogenated alkanes) is 1. The largest absolute Gasteiger partial charge is 0.443 e. The smallest absolute Gasteiger partial charge is 0.427 e. The number of carbonyl (C=O) groups excluding carboxylic acids is 3. The van der Waals surface area contributed by atoms with Crippen molar-refractivity contribution in [3.05, 3.63) is 21.9 Å². The van der Waals surface area contributed by atoms with Crippen molar-refractivity contribution in [3.8, 4) is 0 Å². The molecule has 0 saturated carbocycles. The Kier molecular flexibility index (Phi) is 9.15. The Morgan fingerprint density at radius 3 is 2.12 bits per heavy atom. The van der Waals surface area contributed by atoms with Crippen LogP contribution >= 0.6 is 0 Å². The molecule has 1 rings (SSSR count). The van der Waals surface area contributed by atoms with Gasteiger partial charge in [0, 0.05) is 6.42 Å². The minimum atomic E-state index is -1.12. The van der Waals surface area contributed by atoms with Crippen LogP contribution in [0, 0.1) is 10.1 Å². The average Bonchev–Trinajstić information content (AvgIpc) is 2.57. The van der Waals surface area contributed by atoms with Gasteiger partial charge in [0.05, 0.1) is 16.9 Å². The van der Waals surface area contributed by atoms with E-state index in [4.69, 9.17) is 9.47 Å². The van der Waals surface area contributed by atoms with E-state index in [1.807, 2.05) is 6.92 Å². The van der Waals surface area contributed by atoms with Gasteiger partial charge in [-0.05, 0) is 67.4 Å². The number of nitrogens with zero attached hydrogens (tertiary/aromatic N) is 3. The third-order valence-electron chi connectivity index (χ3n) is 4.33. The molecule has 33 heavy (non-hydrogen) atoms. The summed E-state index contributed by atoms with van der Waals surface area (Å²) in [6, 6.07) is 0. The van der Waals surface area contributed by atoms with Crippen LogP contribution in [0.15, 0.2) is 16.8 Å². The zero-order chi connectivity index (χ0) is 25.6. The Bertz CT molecular complexity index is 809. The molecule has 1 aliphatic heterocycles. The molecular weight excluding hydrogens is 432 g/mol. The van der Waals surface area contributed by atoms with E-state index in [2.05, 4.69) is 10.3 Å². The van der Waals surface area contributed by atoms with E-state index in [1.165, 1.54) is 6.08 Å². The molecule has 0 aliphatic carbocycles. The van der Waals surface area contributed by atoms with E-state index in [0.717, 1.165) is 6.42 Å². The van der Waals surface area contributed by atoms with Gasteiger partial charge in [-0.3, -0.25) is 20.2 Å². The summed E-state index contributed by atoms with van der Waals surface area (Å²) in [5.41, 5.74) is -2.93. The number of imide groups is 1. The molecule has 0 spiro atoms. The average molecular weight is 469 g/mol. The van der Waals surface area contributed by atoms with Gasteiger partial charge in [0.25, 0.3) is 0 Å². The van der Waals surface area contributed by atoms with Crippen LogP contribution in [-0.2, 0) is 14.3 Å². The number of guanidine groups is 1. The fourth-order valence-electron chi connectivity index (χ4n) is 2.89. The van der Waals surface area contributed by atoms with Gasteiger partial charge in [-0.25, -0.2) is 14.6 Å². The number of nitro groups is 1. The molecule has 0 aromatic heterocycles. The van der Waals surface area contributed by atoms with E-state index < -0.39 is 39.8 Å². The molecular formula is C22H36N4O7. The first-order valence-electron chi connectivity index (χ1n) is 11.0. The number of nitrogens with one attached hydrogen (secondary N) is 1. The van der Waals surface area contributed by atoms with Gasteiger partial charge in [0.1, 0.15) is 11.2 Å². The quantitative estimate of drug-likeness (QED) is 0.446. The van der Waals surface area contributed by atoms with E-state index in [1.54, 1.807) is 48.5 Å². The maximum Gasteiger partial charge on any atom is 0.427 e. The highest BCUT2D eigenvalue weighted by atomic mass is 16.6. The van der Waals surface area contributed by atoms with E-state index in [9.17, 15) is 24.5 Å². The lowest BCUT2D eigenvalue weighted by molar-refractivity contribution is -0.428. The van der Waals surface area contributed by atoms with Crippen LogP contribution in [0.2, 0.25) is 0 Å². The molecule has 3 amide bonds. The standard InChI is InChI=1S/C22H36N4O7/c1-9-10-11-15(26(30)31)12-13-22(8)14-16(27)23-17(24-22)25(18(28)32-20(2,3)4)19(29)33-21(5,6)7/h12H,9-11,13-14H2,1-8H3,(H,23,24,27)/b15-12+. The maximum absolute atomic E-state index is 12.8. The molecule has 186 valence electrons. The highest BCUT2D eigenvalue weighted by Gasteiger charge is 2.41. The summed E-state index contributed by atoms with van der Waals surface area (Å²) >= 11 is 0. The first kappa shape index (κ1) is 28.1. The summed E-state index contributed by atoms with van der Waals surface area (Å²) < 4.78 is 10.6. The van der Waals surface area contributed by atoms with E-state index in [0.29, 0.717) is 17.7 Å². The summed E-state index contributed by atoms with van der Waals surface area (Å²) in [6.45, 7) is 13.3. The zero-order valence-corrected chi connectivity index (χ0v) is 20.8. The van der Waals surface area contributed by atoms with Crippen molar-refractivity contribution in [2.24, 2.45) is 4.99 Å². The molecule has 11 heteroatoms. The van der Waals surface area contributed by atoms with E-state index in [-0.39, 0.29) is 24.5 Å². The third kappa shape index (κ3) is 9.58. The Morgan fingerprint density at radius 1 is 1.18 bits per heavy atom. The van der Waals surface area contributed by atoms with Crippen LogP contribution in [0.25, 0.3) is 0 Å². The molecule has 1 N–H and O–H groups in total. The number of rotatable bonds is 6. The fourth-order valence-corrected chi connectivity index (χ4v) is 2.89. The number of amides is 3. The van der Waals surface area contributed by atoms with Gasteiger partial charge in [0.15, 0.2) is 0 Å². The molecule has 0 fully saturated rings. The van der Waals surface area contributed by atoms with Crippen LogP contribution in [-0.4, -0.2) is 50.6 Å². The van der Waals surface area contributed by atoms with Gasteiger partial charge in [-0.15, -0.1) is 4.90 Å². The Labute approximate surface area is 194 Å². The van der Waals surface area contributed by atoms with Gasteiger partial charge >= 0.3 is 12.2 Å². The summed E-state index contributed by atoms with van der Waals surface area (Å²) in [7, 11) is 0. The molecule has 1 atom stereocenters. The van der Waals surface area contributed by atoms with Crippen molar-refractivity contribution >= 4 is 24.1 Å². The molecule has 11 nitrogen and oxygen atoms in total. The predicted molar refractivity (Wildman–Crippen MR) is 122 cm³/mol. The fraction of sp³-hybridized carbons (Fsp3) is 0.727. The van der Waals surface area contributed by atoms with Crippen molar-refractivity contribution in [2.45, 2.75) is 104 Å².